The van der Waals surface area contributed by atoms with Crippen LogP contribution in [0.5, 0.6) is 11.5 Å². The topological polar surface area (TPSA) is 98.0 Å². The zero-order valence-corrected chi connectivity index (χ0v) is 13.7. The first-order chi connectivity index (χ1) is 11.0. The fourth-order valence-electron chi connectivity index (χ4n) is 2.03. The number of hydrogen-bond donors (Lipinski definition) is 2. The molecule has 0 aliphatic heterocycles. The number of aliphatic hydroxyl groups is 1. The van der Waals surface area contributed by atoms with E-state index in [1.807, 2.05) is 0 Å². The molecule has 23 heavy (non-hydrogen) atoms. The number of rotatable bonds is 8. The highest BCUT2D eigenvalue weighted by Crippen LogP contribution is 2.29. The third-order valence-corrected chi connectivity index (χ3v) is 4.76. The van der Waals surface area contributed by atoms with Crippen molar-refractivity contribution in [3.8, 4) is 11.5 Å². The van der Waals surface area contributed by atoms with Crippen molar-refractivity contribution in [3.05, 3.63) is 42.4 Å². The third kappa shape index (κ3) is 4.25. The molecule has 1 aromatic carbocycles. The molecule has 0 bridgehead atoms. The van der Waals surface area contributed by atoms with Gasteiger partial charge in [0.15, 0.2) is 11.5 Å². The van der Waals surface area contributed by atoms with Gasteiger partial charge in [-0.2, -0.15) is 0 Å². The molecule has 126 valence electrons. The second kappa shape index (κ2) is 7.49. The number of hydrogen-bond acceptors (Lipinski definition) is 6. The van der Waals surface area contributed by atoms with Crippen LogP contribution in [0.15, 0.2) is 46.1 Å². The molecule has 0 saturated carbocycles. The van der Waals surface area contributed by atoms with Crippen molar-refractivity contribution < 1.29 is 27.4 Å². The number of ether oxygens (including phenoxy) is 2. The van der Waals surface area contributed by atoms with E-state index in [1.165, 1.54) is 44.9 Å². The van der Waals surface area contributed by atoms with Crippen LogP contribution in [-0.2, 0) is 10.0 Å². The van der Waals surface area contributed by atoms with Crippen LogP contribution in [0, 0.1) is 0 Å². The first-order valence-electron chi connectivity index (χ1n) is 6.90. The Balaban J connectivity index is 2.01. The van der Waals surface area contributed by atoms with Crippen LogP contribution in [0.2, 0.25) is 0 Å². The van der Waals surface area contributed by atoms with Gasteiger partial charge in [-0.3, -0.25) is 0 Å². The van der Waals surface area contributed by atoms with E-state index in [0.29, 0.717) is 17.1 Å². The number of furan rings is 1. The highest BCUT2D eigenvalue weighted by molar-refractivity contribution is 7.89. The Labute approximate surface area is 134 Å². The van der Waals surface area contributed by atoms with Crippen molar-refractivity contribution in [2.45, 2.75) is 17.4 Å². The summed E-state index contributed by atoms with van der Waals surface area (Å²) in [6.45, 7) is 0.0863. The summed E-state index contributed by atoms with van der Waals surface area (Å²) in [4.78, 5) is 0.0629. The molecule has 2 rings (SSSR count). The average Bonchev–Trinajstić information content (AvgIpc) is 3.08. The van der Waals surface area contributed by atoms with Crippen molar-refractivity contribution in [3.63, 3.8) is 0 Å². The summed E-state index contributed by atoms with van der Waals surface area (Å²) < 4.78 is 42.0. The lowest BCUT2D eigenvalue weighted by Crippen LogP contribution is -2.26. The zero-order chi connectivity index (χ0) is 16.9. The maximum Gasteiger partial charge on any atom is 0.240 e. The van der Waals surface area contributed by atoms with Crippen molar-refractivity contribution in [1.29, 1.82) is 0 Å². The van der Waals surface area contributed by atoms with Gasteiger partial charge in [-0.15, -0.1) is 0 Å². The monoisotopic (exact) mass is 341 g/mol. The number of aliphatic hydroxyl groups excluding tert-OH is 1. The highest BCUT2D eigenvalue weighted by atomic mass is 32.2. The maximum atomic E-state index is 12.3. The maximum absolute atomic E-state index is 12.3. The summed E-state index contributed by atoms with van der Waals surface area (Å²) in [7, 11) is -0.795. The molecular formula is C15H19NO6S. The fourth-order valence-corrected chi connectivity index (χ4v) is 3.09. The molecule has 2 aromatic rings. The summed E-state index contributed by atoms with van der Waals surface area (Å²) in [6.07, 6.45) is 2.31. The van der Waals surface area contributed by atoms with Crippen LogP contribution in [-0.4, -0.2) is 34.3 Å². The zero-order valence-electron chi connectivity index (χ0n) is 12.9. The molecule has 0 aliphatic rings. The molecule has 0 radical (unpaired) electrons. The van der Waals surface area contributed by atoms with Gasteiger partial charge in [-0.05, 0) is 24.6 Å². The fraction of sp³-hybridized carbons (Fsp3) is 0.333. The van der Waals surface area contributed by atoms with Gasteiger partial charge < -0.3 is 19.0 Å². The van der Waals surface area contributed by atoms with E-state index >= 15 is 0 Å². The van der Waals surface area contributed by atoms with E-state index in [-0.39, 0.29) is 17.9 Å². The predicted octanol–water partition coefficient (Wildman–Crippen LogP) is 1.70. The lowest BCUT2D eigenvalue weighted by molar-refractivity contribution is 0.168. The molecule has 1 unspecified atom stereocenters. The Morgan fingerprint density at radius 2 is 1.96 bits per heavy atom. The lowest BCUT2D eigenvalue weighted by Gasteiger charge is -2.12. The summed E-state index contributed by atoms with van der Waals surface area (Å²) in [5, 5.41) is 9.90. The predicted molar refractivity (Wildman–Crippen MR) is 83.0 cm³/mol. The Morgan fingerprint density at radius 3 is 2.57 bits per heavy atom. The van der Waals surface area contributed by atoms with Gasteiger partial charge in [0.25, 0.3) is 0 Å². The second-order valence-corrected chi connectivity index (χ2v) is 6.54. The minimum Gasteiger partial charge on any atom is -0.493 e. The highest BCUT2D eigenvalue weighted by Gasteiger charge is 2.17. The van der Waals surface area contributed by atoms with Gasteiger partial charge in [0.1, 0.15) is 0 Å². The molecule has 0 amide bonds. The first kappa shape index (κ1) is 17.3. The van der Waals surface area contributed by atoms with Crippen LogP contribution >= 0.6 is 0 Å². The van der Waals surface area contributed by atoms with Crippen molar-refractivity contribution in [2.24, 2.45) is 0 Å². The van der Waals surface area contributed by atoms with Crippen LogP contribution in [0.3, 0.4) is 0 Å². The first-order valence-corrected chi connectivity index (χ1v) is 8.38. The van der Waals surface area contributed by atoms with Gasteiger partial charge in [0.2, 0.25) is 10.0 Å². The Bertz CT molecular complexity index is 726. The molecule has 0 saturated heterocycles. The normalized spacial score (nSPS) is 12.8. The van der Waals surface area contributed by atoms with Crippen LogP contribution in [0.25, 0.3) is 0 Å². The van der Waals surface area contributed by atoms with E-state index in [0.717, 1.165) is 0 Å². The molecule has 2 N–H and O–H groups in total. The average molecular weight is 341 g/mol. The van der Waals surface area contributed by atoms with E-state index < -0.39 is 16.1 Å². The number of nitrogens with one attached hydrogen (secondary N) is 1. The number of methoxy groups -OCH3 is 2. The molecule has 8 heteroatoms. The molecule has 7 nitrogen and oxygen atoms in total. The van der Waals surface area contributed by atoms with Gasteiger partial charge in [0.05, 0.1) is 37.7 Å². The molecule has 0 spiro atoms. The van der Waals surface area contributed by atoms with Gasteiger partial charge in [0, 0.05) is 18.2 Å². The van der Waals surface area contributed by atoms with Crippen molar-refractivity contribution in [1.82, 2.24) is 4.72 Å². The standard InChI is InChI=1S/C15H19NO6S/c1-20-14-4-3-12(9-15(14)21-2)23(18,19)16-7-5-13(17)11-6-8-22-10-11/h3-4,6,8-10,13,16-17H,5,7H2,1-2H3. The summed E-state index contributed by atoms with van der Waals surface area (Å²) in [6, 6.07) is 5.96. The summed E-state index contributed by atoms with van der Waals surface area (Å²) in [5.41, 5.74) is 0.607. The van der Waals surface area contributed by atoms with E-state index in [2.05, 4.69) is 4.72 Å². The minimum absolute atomic E-state index is 0.0629. The number of benzene rings is 1. The number of sulfonamides is 1. The van der Waals surface area contributed by atoms with Gasteiger partial charge in [-0.25, -0.2) is 13.1 Å². The molecular weight excluding hydrogens is 322 g/mol. The largest absolute Gasteiger partial charge is 0.493 e. The van der Waals surface area contributed by atoms with Gasteiger partial charge >= 0.3 is 0 Å². The third-order valence-electron chi connectivity index (χ3n) is 3.30. The van der Waals surface area contributed by atoms with Crippen LogP contribution in [0.4, 0.5) is 0 Å². The van der Waals surface area contributed by atoms with Crippen molar-refractivity contribution in [2.75, 3.05) is 20.8 Å². The van der Waals surface area contributed by atoms with E-state index in [4.69, 9.17) is 13.9 Å². The Hall–Kier alpha value is -2.03. The SMILES string of the molecule is COc1ccc(S(=O)(=O)NCCC(O)c2ccoc2)cc1OC. The quantitative estimate of drug-likeness (QED) is 0.758. The molecule has 0 fully saturated rings. The molecule has 0 aliphatic carbocycles. The Kier molecular flexibility index (Phi) is 5.64. The summed E-state index contributed by atoms with van der Waals surface area (Å²) in [5.74, 6) is 0.774. The van der Waals surface area contributed by atoms with Crippen molar-refractivity contribution >= 4 is 10.0 Å². The molecule has 1 atom stereocenters. The van der Waals surface area contributed by atoms with Crippen LogP contribution < -0.4 is 14.2 Å². The van der Waals surface area contributed by atoms with E-state index in [1.54, 1.807) is 6.07 Å². The second-order valence-electron chi connectivity index (χ2n) is 4.78. The van der Waals surface area contributed by atoms with E-state index in [9.17, 15) is 13.5 Å². The molecule has 1 aromatic heterocycles. The van der Waals surface area contributed by atoms with Gasteiger partial charge in [-0.1, -0.05) is 0 Å². The Morgan fingerprint density at radius 1 is 1.22 bits per heavy atom. The minimum atomic E-state index is -3.70. The molecule has 1 heterocycles. The van der Waals surface area contributed by atoms with Crippen LogP contribution in [0.1, 0.15) is 18.1 Å². The lowest BCUT2D eigenvalue weighted by atomic mass is 10.1. The smallest absolute Gasteiger partial charge is 0.240 e. The summed E-state index contributed by atoms with van der Waals surface area (Å²) >= 11 is 0.